The number of benzene rings is 2. The standard InChI is InChI=1S/C16H18N2O2S/c1-12-4-3-9-18(11-12)21(19,20)16-6-2-5-13-10-14(17)7-8-15(13)16/h2,4-8,10H,3,9,11,17H2,1H3. The van der Waals surface area contributed by atoms with Crippen LogP contribution in [0.25, 0.3) is 10.8 Å². The largest absolute Gasteiger partial charge is 0.399 e. The van der Waals surface area contributed by atoms with Crippen molar-refractivity contribution in [2.45, 2.75) is 18.2 Å². The second-order valence-corrected chi connectivity index (χ2v) is 7.32. The normalized spacial score (nSPS) is 16.9. The van der Waals surface area contributed by atoms with Gasteiger partial charge in [-0.05, 0) is 36.9 Å². The molecule has 0 amide bonds. The van der Waals surface area contributed by atoms with E-state index in [0.717, 1.165) is 22.8 Å². The first-order valence-electron chi connectivity index (χ1n) is 6.92. The van der Waals surface area contributed by atoms with Crippen LogP contribution in [0.1, 0.15) is 13.3 Å². The fraction of sp³-hybridized carbons (Fsp3) is 0.250. The highest BCUT2D eigenvalue weighted by molar-refractivity contribution is 7.89. The van der Waals surface area contributed by atoms with Crippen molar-refractivity contribution in [1.29, 1.82) is 0 Å². The summed E-state index contributed by atoms with van der Waals surface area (Å²) in [5, 5.41) is 1.57. The van der Waals surface area contributed by atoms with Gasteiger partial charge in [0.05, 0.1) is 4.90 Å². The predicted octanol–water partition coefficient (Wildman–Crippen LogP) is 2.76. The van der Waals surface area contributed by atoms with Gasteiger partial charge in [-0.2, -0.15) is 4.31 Å². The molecule has 21 heavy (non-hydrogen) atoms. The van der Waals surface area contributed by atoms with Crippen LogP contribution in [-0.2, 0) is 10.0 Å². The Hall–Kier alpha value is -1.85. The second kappa shape index (κ2) is 5.16. The van der Waals surface area contributed by atoms with E-state index < -0.39 is 10.0 Å². The Morgan fingerprint density at radius 1 is 1.19 bits per heavy atom. The van der Waals surface area contributed by atoms with Crippen LogP contribution in [0.4, 0.5) is 5.69 Å². The summed E-state index contributed by atoms with van der Waals surface area (Å²) in [5.41, 5.74) is 7.50. The van der Waals surface area contributed by atoms with Crippen molar-refractivity contribution < 1.29 is 8.42 Å². The molecule has 3 rings (SSSR count). The molecule has 0 fully saturated rings. The molecule has 5 heteroatoms. The average Bonchev–Trinajstić information content (AvgIpc) is 2.46. The molecule has 0 spiro atoms. The molecule has 0 saturated carbocycles. The predicted molar refractivity (Wildman–Crippen MR) is 85.5 cm³/mol. The maximum Gasteiger partial charge on any atom is 0.243 e. The van der Waals surface area contributed by atoms with E-state index in [1.165, 1.54) is 0 Å². The number of hydrogen-bond donors (Lipinski definition) is 1. The molecule has 0 unspecified atom stereocenters. The van der Waals surface area contributed by atoms with E-state index in [4.69, 9.17) is 5.73 Å². The fourth-order valence-corrected chi connectivity index (χ4v) is 4.43. The molecule has 1 aliphatic heterocycles. The molecule has 2 aromatic rings. The zero-order valence-electron chi connectivity index (χ0n) is 11.9. The van der Waals surface area contributed by atoms with Gasteiger partial charge in [0.25, 0.3) is 0 Å². The van der Waals surface area contributed by atoms with Crippen LogP contribution in [0, 0.1) is 0 Å². The van der Waals surface area contributed by atoms with Crippen molar-refractivity contribution in [2.75, 3.05) is 18.8 Å². The van der Waals surface area contributed by atoms with Gasteiger partial charge in [-0.1, -0.05) is 29.8 Å². The number of rotatable bonds is 2. The molecule has 0 radical (unpaired) electrons. The van der Waals surface area contributed by atoms with Crippen LogP contribution >= 0.6 is 0 Å². The van der Waals surface area contributed by atoms with E-state index in [1.807, 2.05) is 13.0 Å². The van der Waals surface area contributed by atoms with Gasteiger partial charge in [0.2, 0.25) is 10.0 Å². The monoisotopic (exact) mass is 302 g/mol. The highest BCUT2D eigenvalue weighted by Crippen LogP contribution is 2.28. The van der Waals surface area contributed by atoms with Gasteiger partial charge < -0.3 is 5.73 Å². The molecule has 0 bridgehead atoms. The fourth-order valence-electron chi connectivity index (χ4n) is 2.72. The number of hydrogen-bond acceptors (Lipinski definition) is 3. The van der Waals surface area contributed by atoms with Gasteiger partial charge in [-0.25, -0.2) is 8.42 Å². The van der Waals surface area contributed by atoms with Crippen LogP contribution in [0.3, 0.4) is 0 Å². The van der Waals surface area contributed by atoms with Crippen LogP contribution in [0.15, 0.2) is 52.9 Å². The third-order valence-corrected chi connectivity index (χ3v) is 5.68. The lowest BCUT2D eigenvalue weighted by Gasteiger charge is -2.26. The minimum Gasteiger partial charge on any atom is -0.399 e. The highest BCUT2D eigenvalue weighted by atomic mass is 32.2. The summed E-state index contributed by atoms with van der Waals surface area (Å²) in [6, 6.07) is 10.6. The molecule has 0 saturated heterocycles. The first-order chi connectivity index (χ1) is 9.98. The van der Waals surface area contributed by atoms with Crippen molar-refractivity contribution in [3.05, 3.63) is 48.0 Å². The maximum absolute atomic E-state index is 12.9. The minimum absolute atomic E-state index is 0.356. The third-order valence-electron chi connectivity index (χ3n) is 3.78. The lowest BCUT2D eigenvalue weighted by atomic mass is 10.1. The summed E-state index contributed by atoms with van der Waals surface area (Å²) in [4.78, 5) is 0.356. The van der Waals surface area contributed by atoms with Gasteiger partial charge in [0, 0.05) is 24.2 Å². The van der Waals surface area contributed by atoms with Gasteiger partial charge in [0.15, 0.2) is 0 Å². The second-order valence-electron chi connectivity index (χ2n) is 5.41. The molecular formula is C16H18N2O2S. The van der Waals surface area contributed by atoms with Crippen LogP contribution in [-0.4, -0.2) is 25.8 Å². The Labute approximate surface area is 124 Å². The summed E-state index contributed by atoms with van der Waals surface area (Å²) in [6.07, 6.45) is 2.86. The van der Waals surface area contributed by atoms with E-state index in [0.29, 0.717) is 23.7 Å². The summed E-state index contributed by atoms with van der Waals surface area (Å²) in [5.74, 6) is 0. The number of nitrogens with zero attached hydrogens (tertiary/aromatic N) is 1. The van der Waals surface area contributed by atoms with Crippen molar-refractivity contribution in [3.8, 4) is 0 Å². The van der Waals surface area contributed by atoms with Crippen molar-refractivity contribution >= 4 is 26.5 Å². The Morgan fingerprint density at radius 2 is 2.00 bits per heavy atom. The Morgan fingerprint density at radius 3 is 2.76 bits per heavy atom. The van der Waals surface area contributed by atoms with Crippen LogP contribution in [0.5, 0.6) is 0 Å². The van der Waals surface area contributed by atoms with Gasteiger partial charge in [-0.3, -0.25) is 0 Å². The molecule has 0 atom stereocenters. The zero-order chi connectivity index (χ0) is 15.0. The molecular weight excluding hydrogens is 284 g/mol. The third kappa shape index (κ3) is 2.54. The lowest BCUT2D eigenvalue weighted by molar-refractivity contribution is 0.428. The number of nitrogens with two attached hydrogens (primary N) is 1. The Kier molecular flexibility index (Phi) is 3.47. The molecule has 4 nitrogen and oxygen atoms in total. The first kappa shape index (κ1) is 14.1. The minimum atomic E-state index is -3.48. The van der Waals surface area contributed by atoms with E-state index in [9.17, 15) is 8.42 Å². The first-order valence-corrected chi connectivity index (χ1v) is 8.36. The Balaban J connectivity index is 2.13. The van der Waals surface area contributed by atoms with Crippen LogP contribution < -0.4 is 5.73 Å². The summed E-state index contributed by atoms with van der Waals surface area (Å²) >= 11 is 0. The van der Waals surface area contributed by atoms with Gasteiger partial charge >= 0.3 is 0 Å². The van der Waals surface area contributed by atoms with Crippen molar-refractivity contribution in [3.63, 3.8) is 0 Å². The van der Waals surface area contributed by atoms with E-state index in [-0.39, 0.29) is 0 Å². The van der Waals surface area contributed by atoms with Gasteiger partial charge in [-0.15, -0.1) is 0 Å². The SMILES string of the molecule is CC1=CCCN(S(=O)(=O)c2cccc3cc(N)ccc23)C1. The zero-order valence-corrected chi connectivity index (χ0v) is 12.7. The molecule has 1 heterocycles. The molecule has 1 aliphatic rings. The molecule has 2 N–H and O–H groups in total. The van der Waals surface area contributed by atoms with Crippen LogP contribution in [0.2, 0.25) is 0 Å². The quantitative estimate of drug-likeness (QED) is 0.685. The summed E-state index contributed by atoms with van der Waals surface area (Å²) in [6.45, 7) is 2.96. The Bertz CT molecular complexity index is 825. The average molecular weight is 302 g/mol. The number of sulfonamides is 1. The number of fused-ring (bicyclic) bond motifs is 1. The number of nitrogen functional groups attached to an aromatic ring is 1. The molecule has 110 valence electrons. The van der Waals surface area contributed by atoms with Crippen molar-refractivity contribution in [1.82, 2.24) is 4.31 Å². The topological polar surface area (TPSA) is 63.4 Å². The smallest absolute Gasteiger partial charge is 0.243 e. The molecule has 0 aliphatic carbocycles. The summed E-state index contributed by atoms with van der Waals surface area (Å²) in [7, 11) is -3.48. The van der Waals surface area contributed by atoms with E-state index in [2.05, 4.69) is 6.08 Å². The van der Waals surface area contributed by atoms with Gasteiger partial charge in [0.1, 0.15) is 0 Å². The highest BCUT2D eigenvalue weighted by Gasteiger charge is 2.27. The lowest BCUT2D eigenvalue weighted by Crippen LogP contribution is -2.35. The maximum atomic E-state index is 12.9. The molecule has 0 aromatic heterocycles. The molecule has 2 aromatic carbocycles. The van der Waals surface area contributed by atoms with Crippen molar-refractivity contribution in [2.24, 2.45) is 0 Å². The van der Waals surface area contributed by atoms with E-state index in [1.54, 1.807) is 34.6 Å². The number of anilines is 1. The van der Waals surface area contributed by atoms with E-state index >= 15 is 0 Å². The summed E-state index contributed by atoms with van der Waals surface area (Å²) < 4.78 is 27.3.